The van der Waals surface area contributed by atoms with Gasteiger partial charge in [-0.15, -0.1) is 0 Å². The Bertz CT molecular complexity index is 1460. The van der Waals surface area contributed by atoms with Gasteiger partial charge >= 0.3 is 22.9 Å². The Labute approximate surface area is 209 Å². The molecule has 1 aliphatic heterocycles. The van der Waals surface area contributed by atoms with Crippen molar-refractivity contribution in [2.24, 2.45) is 0 Å². The van der Waals surface area contributed by atoms with Crippen molar-refractivity contribution in [1.29, 1.82) is 0 Å². The van der Waals surface area contributed by atoms with Crippen LogP contribution in [0.15, 0.2) is 46.3 Å². The number of esters is 1. The number of amides is 1. The summed E-state index contributed by atoms with van der Waals surface area (Å²) < 4.78 is 11.9. The molecule has 1 aliphatic rings. The molecule has 1 atom stereocenters. The molecule has 36 heavy (non-hydrogen) atoms. The van der Waals surface area contributed by atoms with Gasteiger partial charge in [-0.05, 0) is 28.6 Å². The standard InChI is InChI=1S/C23H21N5O7S/c1-5-36-23-24-21(31)19-15-8-6-7-9-17(15)26(12(2)29)22(27(19)25-23)16-10-14(34-4)11-18(28(32)33)20(16)35-13(3)30/h6-11,22H,5H2,1-4H3/p+1. The number of nitro benzene ring substituents is 1. The van der Waals surface area contributed by atoms with E-state index in [-0.39, 0.29) is 27.9 Å². The number of methoxy groups -OCH3 is 1. The van der Waals surface area contributed by atoms with Crippen LogP contribution in [0.3, 0.4) is 0 Å². The second kappa shape index (κ2) is 9.77. The lowest BCUT2D eigenvalue weighted by molar-refractivity contribution is -0.763. The Morgan fingerprint density at radius 1 is 1.28 bits per heavy atom. The number of nitrogens with one attached hydrogen (secondary N) is 1. The maximum atomic E-state index is 13.3. The van der Waals surface area contributed by atoms with Crippen molar-refractivity contribution in [2.45, 2.75) is 32.1 Å². The molecular formula is C23H22N5O7S+. The molecular weight excluding hydrogens is 490 g/mol. The number of aromatic nitrogens is 3. The second-order valence-electron chi connectivity index (χ2n) is 7.68. The van der Waals surface area contributed by atoms with E-state index in [1.807, 2.05) is 6.92 Å². The van der Waals surface area contributed by atoms with Gasteiger partial charge in [0.25, 0.3) is 6.17 Å². The molecule has 186 valence electrons. The van der Waals surface area contributed by atoms with Crippen LogP contribution in [0.1, 0.15) is 32.5 Å². The van der Waals surface area contributed by atoms with E-state index >= 15 is 0 Å². The number of para-hydroxylation sites is 1. The van der Waals surface area contributed by atoms with Crippen LogP contribution < -0.4 is 24.6 Å². The zero-order valence-electron chi connectivity index (χ0n) is 19.8. The molecule has 13 heteroatoms. The lowest BCUT2D eigenvalue weighted by atomic mass is 10.00. The number of anilines is 1. The van der Waals surface area contributed by atoms with Gasteiger partial charge in [0.1, 0.15) is 5.75 Å². The number of carbonyl (C=O) groups excluding carboxylic acids is 2. The first-order valence-corrected chi connectivity index (χ1v) is 11.8. The van der Waals surface area contributed by atoms with E-state index in [2.05, 4.69) is 10.1 Å². The third kappa shape index (κ3) is 4.28. The number of hydrogen-bond acceptors (Lipinski definition) is 9. The smallest absolute Gasteiger partial charge is 0.325 e. The normalized spacial score (nSPS) is 14.0. The van der Waals surface area contributed by atoms with Gasteiger partial charge in [0, 0.05) is 18.9 Å². The number of hydrogen-bond donors (Lipinski definition) is 1. The minimum atomic E-state index is -1.21. The summed E-state index contributed by atoms with van der Waals surface area (Å²) in [6.45, 7) is 4.31. The molecule has 1 N–H and O–H groups in total. The average Bonchev–Trinajstić information content (AvgIpc) is 2.82. The third-order valence-corrected chi connectivity index (χ3v) is 6.15. The number of carbonyl (C=O) groups is 2. The number of ether oxygens (including phenoxy) is 2. The Balaban J connectivity index is 2.17. The van der Waals surface area contributed by atoms with Gasteiger partial charge in [-0.3, -0.25) is 29.5 Å². The number of benzene rings is 2. The van der Waals surface area contributed by atoms with Crippen LogP contribution in [-0.2, 0) is 9.59 Å². The van der Waals surface area contributed by atoms with Crippen LogP contribution in [0.2, 0.25) is 0 Å². The summed E-state index contributed by atoms with van der Waals surface area (Å²) >= 11 is 1.27. The van der Waals surface area contributed by atoms with Crippen LogP contribution in [0.5, 0.6) is 11.5 Å². The Morgan fingerprint density at radius 2 is 2.00 bits per heavy atom. The molecule has 12 nitrogen and oxygen atoms in total. The first-order chi connectivity index (χ1) is 17.2. The Hall–Kier alpha value is -4.26. The fraction of sp³-hybridized carbons (Fsp3) is 0.261. The van der Waals surface area contributed by atoms with Crippen LogP contribution >= 0.6 is 11.8 Å². The molecule has 3 aromatic rings. The Kier molecular flexibility index (Phi) is 6.75. The molecule has 0 spiro atoms. The first-order valence-electron chi connectivity index (χ1n) is 10.8. The molecule has 0 fully saturated rings. The molecule has 0 radical (unpaired) electrons. The Morgan fingerprint density at radius 3 is 2.61 bits per heavy atom. The van der Waals surface area contributed by atoms with E-state index in [0.29, 0.717) is 17.0 Å². The van der Waals surface area contributed by atoms with Gasteiger partial charge in [0.15, 0.2) is 0 Å². The van der Waals surface area contributed by atoms with Crippen molar-refractivity contribution in [3.05, 3.63) is 62.4 Å². The van der Waals surface area contributed by atoms with E-state index in [0.717, 1.165) is 13.0 Å². The van der Waals surface area contributed by atoms with E-state index in [4.69, 9.17) is 9.47 Å². The summed E-state index contributed by atoms with van der Waals surface area (Å²) in [5.41, 5.74) is -0.00901. The van der Waals surface area contributed by atoms with Crippen LogP contribution in [0.25, 0.3) is 11.3 Å². The molecule has 2 aromatic carbocycles. The molecule has 4 rings (SSSR count). The van der Waals surface area contributed by atoms with Crippen LogP contribution in [-0.4, -0.2) is 39.7 Å². The van der Waals surface area contributed by atoms with Gasteiger partial charge in [0.05, 0.1) is 34.9 Å². The minimum Gasteiger partial charge on any atom is -0.496 e. The zero-order valence-corrected chi connectivity index (χ0v) is 20.6. The molecule has 0 aliphatic carbocycles. The van der Waals surface area contributed by atoms with Gasteiger partial charge < -0.3 is 9.47 Å². The van der Waals surface area contributed by atoms with Crippen LogP contribution in [0, 0.1) is 10.1 Å². The topological polar surface area (TPSA) is 149 Å². The predicted octanol–water partition coefficient (Wildman–Crippen LogP) is 2.59. The lowest BCUT2D eigenvalue weighted by Gasteiger charge is -2.31. The molecule has 0 bridgehead atoms. The highest BCUT2D eigenvalue weighted by Crippen LogP contribution is 2.44. The maximum Gasteiger partial charge on any atom is 0.325 e. The fourth-order valence-corrected chi connectivity index (χ4v) is 4.69. The number of rotatable bonds is 6. The molecule has 2 heterocycles. The van der Waals surface area contributed by atoms with Crippen molar-refractivity contribution in [1.82, 2.24) is 10.1 Å². The van der Waals surface area contributed by atoms with Crippen molar-refractivity contribution in [3.8, 4) is 22.8 Å². The summed E-state index contributed by atoms with van der Waals surface area (Å²) in [6.07, 6.45) is -1.21. The van der Waals surface area contributed by atoms with E-state index in [9.17, 15) is 24.5 Å². The molecule has 0 saturated heterocycles. The summed E-state index contributed by atoms with van der Waals surface area (Å²) in [5.74, 6) is -0.930. The number of nitro groups is 1. The largest absolute Gasteiger partial charge is 0.496 e. The van der Waals surface area contributed by atoms with Gasteiger partial charge in [-0.1, -0.05) is 30.8 Å². The zero-order chi connectivity index (χ0) is 26.1. The summed E-state index contributed by atoms with van der Waals surface area (Å²) in [6, 6.07) is 9.29. The van der Waals surface area contributed by atoms with Crippen molar-refractivity contribution in [3.63, 3.8) is 0 Å². The minimum absolute atomic E-state index is 0.0396. The summed E-state index contributed by atoms with van der Waals surface area (Å²) in [4.78, 5) is 53.7. The van der Waals surface area contributed by atoms with Crippen molar-refractivity contribution in [2.75, 3.05) is 17.8 Å². The van der Waals surface area contributed by atoms with Gasteiger partial charge in [0.2, 0.25) is 16.8 Å². The predicted molar refractivity (Wildman–Crippen MR) is 129 cm³/mol. The highest BCUT2D eigenvalue weighted by Gasteiger charge is 2.47. The van der Waals surface area contributed by atoms with Gasteiger partial charge in [-0.2, -0.15) is 0 Å². The van der Waals surface area contributed by atoms with Gasteiger partial charge in [-0.25, -0.2) is 4.90 Å². The van der Waals surface area contributed by atoms with E-state index in [1.54, 1.807) is 24.3 Å². The SMILES string of the molecule is CCSc1n[n+]2c(c(=O)[nH]1)-c1ccccc1N(C(C)=O)C2c1cc(OC)cc([N+](=O)[O-])c1OC(C)=O. The number of fused-ring (bicyclic) bond motifs is 3. The molecule has 1 amide bonds. The van der Waals surface area contributed by atoms with Crippen molar-refractivity contribution >= 4 is 35.0 Å². The number of nitrogens with zero attached hydrogens (tertiary/aromatic N) is 4. The molecule has 0 saturated carbocycles. The third-order valence-electron chi connectivity index (χ3n) is 5.41. The monoisotopic (exact) mass is 512 g/mol. The van der Waals surface area contributed by atoms with Crippen LogP contribution in [0.4, 0.5) is 11.4 Å². The number of thioether (sulfide) groups is 1. The number of aromatic amines is 1. The average molecular weight is 513 g/mol. The maximum absolute atomic E-state index is 13.3. The second-order valence-corrected chi connectivity index (χ2v) is 8.93. The highest BCUT2D eigenvalue weighted by molar-refractivity contribution is 7.99. The first kappa shape index (κ1) is 24.9. The quantitative estimate of drug-likeness (QED) is 0.131. The van der Waals surface area contributed by atoms with Crippen molar-refractivity contribution < 1.29 is 28.7 Å². The lowest BCUT2D eigenvalue weighted by Crippen LogP contribution is -2.60. The van der Waals surface area contributed by atoms with E-state index in [1.165, 1.54) is 41.4 Å². The number of H-pyrrole nitrogens is 1. The fourth-order valence-electron chi connectivity index (χ4n) is 4.10. The molecule has 1 unspecified atom stereocenters. The molecule has 1 aromatic heterocycles. The summed E-state index contributed by atoms with van der Waals surface area (Å²) in [5, 5.41) is 16.8. The summed E-state index contributed by atoms with van der Waals surface area (Å²) in [7, 11) is 1.33. The highest BCUT2D eigenvalue weighted by atomic mass is 32.2. The van der Waals surface area contributed by atoms with E-state index < -0.39 is 34.2 Å².